The fourth-order valence-electron chi connectivity index (χ4n) is 3.61. The van der Waals surface area contributed by atoms with Gasteiger partial charge in [-0.05, 0) is 65.4 Å². The number of fused-ring (bicyclic) bond motifs is 1. The number of halogens is 2. The van der Waals surface area contributed by atoms with E-state index in [2.05, 4.69) is 23.3 Å². The summed E-state index contributed by atoms with van der Waals surface area (Å²) >= 11 is 12.2. The number of carbonyl (C=O) groups is 1. The van der Waals surface area contributed by atoms with Crippen LogP contribution in [0.5, 0.6) is 0 Å². The Morgan fingerprint density at radius 1 is 0.939 bits per heavy atom. The number of hydrogen-bond acceptors (Lipinski definition) is 2. The van der Waals surface area contributed by atoms with Crippen LogP contribution in [0.25, 0.3) is 10.9 Å². The van der Waals surface area contributed by atoms with Crippen LogP contribution in [0.3, 0.4) is 0 Å². The molecular weight excluding hydrogens is 457 g/mol. The predicted octanol–water partition coefficient (Wildman–Crippen LogP) is 6.63. The molecule has 7 heteroatoms. The molecule has 3 aromatic carbocycles. The van der Waals surface area contributed by atoms with Crippen LogP contribution in [-0.2, 0) is 19.5 Å². The van der Waals surface area contributed by atoms with Gasteiger partial charge in [-0.25, -0.2) is 4.79 Å². The fraction of sp³-hybridized carbons (Fsp3) is 0.154. The molecule has 0 bridgehead atoms. The first-order valence-electron chi connectivity index (χ1n) is 10.6. The molecule has 0 saturated heterocycles. The number of nitrogens with one attached hydrogen (secondary N) is 2. The summed E-state index contributed by atoms with van der Waals surface area (Å²) in [6.45, 7) is 2.50. The van der Waals surface area contributed by atoms with Crippen molar-refractivity contribution in [2.24, 2.45) is 0 Å². The van der Waals surface area contributed by atoms with E-state index in [0.29, 0.717) is 27.8 Å². The number of pyridine rings is 1. The number of anilines is 1. The number of hydrogen-bond donors (Lipinski definition) is 2. The molecule has 0 unspecified atom stereocenters. The Labute approximate surface area is 202 Å². The Morgan fingerprint density at radius 3 is 2.39 bits per heavy atom. The topological polar surface area (TPSA) is 65.2 Å². The van der Waals surface area contributed by atoms with Gasteiger partial charge in [0, 0.05) is 22.6 Å². The Kier molecular flexibility index (Phi) is 7.02. The zero-order valence-electron chi connectivity index (χ0n) is 18.1. The third-order valence-electron chi connectivity index (χ3n) is 5.44. The van der Waals surface area contributed by atoms with Crippen molar-refractivity contribution in [3.63, 3.8) is 0 Å². The number of H-pyrrole nitrogens is 1. The lowest BCUT2D eigenvalue weighted by Crippen LogP contribution is -2.35. The van der Waals surface area contributed by atoms with Crippen molar-refractivity contribution in [1.29, 1.82) is 0 Å². The van der Waals surface area contributed by atoms with Gasteiger partial charge in [-0.2, -0.15) is 0 Å². The minimum Gasteiger partial charge on any atom is -0.322 e. The number of aromatic amines is 1. The van der Waals surface area contributed by atoms with Gasteiger partial charge in [0.05, 0.1) is 17.3 Å². The summed E-state index contributed by atoms with van der Waals surface area (Å²) in [6.07, 6.45) is 0.896. The molecule has 0 spiro atoms. The average molecular weight is 480 g/mol. The number of amides is 2. The number of carbonyl (C=O) groups excluding carboxylic acids is 1. The molecule has 0 aliphatic rings. The number of nitrogens with zero attached hydrogens (tertiary/aromatic N) is 1. The summed E-state index contributed by atoms with van der Waals surface area (Å²) < 4.78 is 0. The number of aromatic nitrogens is 1. The van der Waals surface area contributed by atoms with Crippen LogP contribution in [0.2, 0.25) is 10.0 Å². The van der Waals surface area contributed by atoms with Crippen LogP contribution in [-0.4, -0.2) is 15.9 Å². The smallest absolute Gasteiger partial charge is 0.322 e. The highest BCUT2D eigenvalue weighted by Gasteiger charge is 2.18. The quantitative estimate of drug-likeness (QED) is 0.325. The van der Waals surface area contributed by atoms with E-state index in [0.717, 1.165) is 22.9 Å². The number of benzene rings is 3. The lowest BCUT2D eigenvalue weighted by Gasteiger charge is -2.24. The van der Waals surface area contributed by atoms with E-state index in [1.165, 1.54) is 5.56 Å². The normalized spacial score (nSPS) is 10.9. The van der Waals surface area contributed by atoms with Gasteiger partial charge in [-0.3, -0.25) is 4.79 Å². The van der Waals surface area contributed by atoms with Crippen molar-refractivity contribution in [2.45, 2.75) is 26.4 Å². The zero-order chi connectivity index (χ0) is 23.4. The molecule has 4 rings (SSSR count). The third kappa shape index (κ3) is 5.56. The molecule has 0 aliphatic heterocycles. The molecular formula is C26H23Cl2N3O2. The predicted molar refractivity (Wildman–Crippen MR) is 135 cm³/mol. The summed E-state index contributed by atoms with van der Waals surface area (Å²) in [5.41, 5.74) is 3.61. The first-order chi connectivity index (χ1) is 15.9. The molecule has 5 nitrogen and oxygen atoms in total. The third-order valence-corrected chi connectivity index (χ3v) is 6.03. The Balaban J connectivity index is 1.67. The molecule has 0 saturated carbocycles. The molecule has 0 fully saturated rings. The minimum atomic E-state index is -0.361. The van der Waals surface area contributed by atoms with Gasteiger partial charge in [0.25, 0.3) is 5.56 Å². The number of aryl methyl sites for hydroxylation is 1. The van der Waals surface area contributed by atoms with Crippen molar-refractivity contribution in [3.05, 3.63) is 110 Å². The first kappa shape index (κ1) is 22.9. The second kappa shape index (κ2) is 10.1. The second-order valence-electron chi connectivity index (χ2n) is 7.79. The monoisotopic (exact) mass is 479 g/mol. The maximum atomic E-state index is 13.2. The lowest BCUT2D eigenvalue weighted by molar-refractivity contribution is 0.206. The molecule has 0 radical (unpaired) electrons. The van der Waals surface area contributed by atoms with E-state index in [-0.39, 0.29) is 18.1 Å². The van der Waals surface area contributed by atoms with Gasteiger partial charge in [0.1, 0.15) is 0 Å². The van der Waals surface area contributed by atoms with Gasteiger partial charge in [0.15, 0.2) is 0 Å². The van der Waals surface area contributed by atoms with Crippen molar-refractivity contribution >= 4 is 45.8 Å². The average Bonchev–Trinajstić information content (AvgIpc) is 2.81. The van der Waals surface area contributed by atoms with Crippen molar-refractivity contribution < 1.29 is 4.79 Å². The fourth-order valence-corrected chi connectivity index (χ4v) is 3.92. The van der Waals surface area contributed by atoms with Gasteiger partial charge in [-0.15, -0.1) is 0 Å². The molecule has 0 aliphatic carbocycles. The summed E-state index contributed by atoms with van der Waals surface area (Å²) in [5.74, 6) is 0. The van der Waals surface area contributed by atoms with Gasteiger partial charge in [0.2, 0.25) is 0 Å². The molecule has 0 atom stereocenters. The lowest BCUT2D eigenvalue weighted by atomic mass is 10.1. The second-order valence-corrected chi connectivity index (χ2v) is 8.64. The standard InChI is InChI=1S/C26H23Cl2N3O2/c1-2-17-9-12-23-19(13-17)14-20(25(32)29-23)16-31(15-18-7-10-21(27)11-8-18)26(33)30-24-6-4-3-5-22(24)28/h3-14H,2,15-16H2,1H3,(H,29,32)(H,30,33). The van der Waals surface area contributed by atoms with Crippen LogP contribution in [0, 0.1) is 0 Å². The summed E-state index contributed by atoms with van der Waals surface area (Å²) in [5, 5.41) is 4.84. The summed E-state index contributed by atoms with van der Waals surface area (Å²) in [6, 6.07) is 21.8. The molecule has 1 aromatic heterocycles. The maximum Gasteiger partial charge on any atom is 0.322 e. The number of urea groups is 1. The Hall–Kier alpha value is -3.28. The van der Waals surface area contributed by atoms with Crippen LogP contribution in [0.1, 0.15) is 23.6 Å². The summed E-state index contributed by atoms with van der Waals surface area (Å²) in [7, 11) is 0. The van der Waals surface area contributed by atoms with Gasteiger partial charge >= 0.3 is 6.03 Å². The molecule has 33 heavy (non-hydrogen) atoms. The van der Waals surface area contributed by atoms with E-state index < -0.39 is 0 Å². The zero-order valence-corrected chi connectivity index (χ0v) is 19.6. The van der Waals surface area contributed by atoms with E-state index >= 15 is 0 Å². The van der Waals surface area contributed by atoms with Crippen molar-refractivity contribution in [3.8, 4) is 0 Å². The molecule has 168 valence electrons. The Morgan fingerprint density at radius 2 is 1.67 bits per heavy atom. The number of para-hydroxylation sites is 1. The maximum absolute atomic E-state index is 13.2. The van der Waals surface area contributed by atoms with Gasteiger partial charge < -0.3 is 15.2 Å². The SMILES string of the molecule is CCc1ccc2[nH]c(=O)c(CN(Cc3ccc(Cl)cc3)C(=O)Nc3ccccc3Cl)cc2c1. The van der Waals surface area contributed by atoms with Crippen LogP contribution in [0.15, 0.2) is 77.6 Å². The van der Waals surface area contributed by atoms with E-state index in [1.807, 2.05) is 30.3 Å². The van der Waals surface area contributed by atoms with Crippen LogP contribution >= 0.6 is 23.2 Å². The first-order valence-corrected chi connectivity index (χ1v) is 11.4. The number of rotatable bonds is 6. The van der Waals surface area contributed by atoms with Crippen molar-refractivity contribution in [2.75, 3.05) is 5.32 Å². The largest absolute Gasteiger partial charge is 0.322 e. The van der Waals surface area contributed by atoms with Crippen LogP contribution in [0.4, 0.5) is 10.5 Å². The van der Waals surface area contributed by atoms with Crippen LogP contribution < -0.4 is 10.9 Å². The molecule has 2 N–H and O–H groups in total. The highest BCUT2D eigenvalue weighted by atomic mass is 35.5. The molecule has 2 amide bonds. The van der Waals surface area contributed by atoms with E-state index in [9.17, 15) is 9.59 Å². The molecule has 4 aromatic rings. The van der Waals surface area contributed by atoms with Gasteiger partial charge in [-0.1, -0.05) is 60.5 Å². The highest BCUT2D eigenvalue weighted by molar-refractivity contribution is 6.33. The Bertz CT molecular complexity index is 1350. The molecule has 1 heterocycles. The highest BCUT2D eigenvalue weighted by Crippen LogP contribution is 2.22. The van der Waals surface area contributed by atoms with E-state index in [4.69, 9.17) is 23.2 Å². The summed E-state index contributed by atoms with van der Waals surface area (Å²) in [4.78, 5) is 30.5. The minimum absolute atomic E-state index is 0.126. The van der Waals surface area contributed by atoms with Crippen molar-refractivity contribution in [1.82, 2.24) is 9.88 Å². The van der Waals surface area contributed by atoms with E-state index in [1.54, 1.807) is 41.3 Å².